The highest BCUT2D eigenvalue weighted by atomic mass is 14.4. The fourth-order valence-electron chi connectivity index (χ4n) is 7.81. The topological polar surface area (TPSA) is 0 Å². The SMILES string of the molecule is C(=C=C(c1ccccc1)c1ccccc1)=C1C(=C=C=C(c2ccccc2)c2ccccc2)C(=C(c2ccccc2)c2ccccc2)C1=C(c1ccccc1)c1ccccc1. The lowest BCUT2D eigenvalue weighted by atomic mass is 9.67. The molecule has 0 bridgehead atoms. The van der Waals surface area contributed by atoms with E-state index in [1.165, 1.54) is 0 Å². The van der Waals surface area contributed by atoms with E-state index >= 15 is 0 Å². The first-order chi connectivity index (χ1) is 29.8. The van der Waals surface area contributed by atoms with Crippen LogP contribution in [-0.2, 0) is 0 Å². The van der Waals surface area contributed by atoms with E-state index in [0.29, 0.717) is 0 Å². The van der Waals surface area contributed by atoms with Crippen molar-refractivity contribution in [3.8, 4) is 0 Å². The van der Waals surface area contributed by atoms with Crippen LogP contribution in [0.2, 0.25) is 0 Å². The third-order valence-electron chi connectivity index (χ3n) is 10.6. The number of benzene rings is 8. The van der Waals surface area contributed by atoms with Crippen molar-refractivity contribution < 1.29 is 0 Å². The fraction of sp³-hybridized carbons (Fsp3) is 0. The van der Waals surface area contributed by atoms with Crippen molar-refractivity contribution in [1.29, 1.82) is 0 Å². The van der Waals surface area contributed by atoms with Crippen LogP contribution in [0.15, 0.2) is 288 Å². The van der Waals surface area contributed by atoms with Crippen molar-refractivity contribution in [3.63, 3.8) is 0 Å². The number of rotatable bonds is 8. The maximum Gasteiger partial charge on any atom is 0.0497 e. The largest absolute Gasteiger partial charge is 0.0622 e. The van der Waals surface area contributed by atoms with Crippen LogP contribution in [0.25, 0.3) is 22.3 Å². The molecule has 0 heteroatoms. The molecule has 0 N–H and O–H groups in total. The summed E-state index contributed by atoms with van der Waals surface area (Å²) in [4.78, 5) is 0. The molecule has 0 aliphatic heterocycles. The first kappa shape index (κ1) is 37.4. The molecule has 9 rings (SSSR count). The second-order valence-corrected chi connectivity index (χ2v) is 14.4. The van der Waals surface area contributed by atoms with Crippen LogP contribution in [0.1, 0.15) is 44.5 Å². The zero-order valence-corrected chi connectivity index (χ0v) is 33.1. The molecule has 280 valence electrons. The van der Waals surface area contributed by atoms with Crippen LogP contribution < -0.4 is 0 Å². The molecule has 1 aliphatic carbocycles. The molecule has 0 radical (unpaired) electrons. The van der Waals surface area contributed by atoms with Gasteiger partial charge in [-0.15, -0.1) is 0 Å². The van der Waals surface area contributed by atoms with Gasteiger partial charge in [-0.25, -0.2) is 0 Å². The maximum absolute atomic E-state index is 3.82. The predicted molar refractivity (Wildman–Crippen MR) is 250 cm³/mol. The van der Waals surface area contributed by atoms with Gasteiger partial charge in [0.1, 0.15) is 0 Å². The summed E-state index contributed by atoms with van der Waals surface area (Å²) in [5.74, 6) is 0. The van der Waals surface area contributed by atoms with Crippen molar-refractivity contribution >= 4 is 22.3 Å². The van der Waals surface area contributed by atoms with Crippen molar-refractivity contribution in [2.24, 2.45) is 0 Å². The molecule has 0 atom stereocenters. The number of hydrogen-bond acceptors (Lipinski definition) is 0. The van der Waals surface area contributed by atoms with Crippen molar-refractivity contribution in [2.75, 3.05) is 0 Å². The van der Waals surface area contributed by atoms with Crippen LogP contribution in [0.5, 0.6) is 0 Å². The van der Waals surface area contributed by atoms with Crippen molar-refractivity contribution in [2.45, 2.75) is 0 Å². The highest BCUT2D eigenvalue weighted by molar-refractivity contribution is 6.04. The van der Waals surface area contributed by atoms with E-state index in [9.17, 15) is 0 Å². The monoisotopic (exact) mass is 760 g/mol. The summed E-state index contributed by atoms with van der Waals surface area (Å²) in [5, 5.41) is 0. The lowest BCUT2D eigenvalue weighted by Gasteiger charge is -2.33. The molecule has 0 heterocycles. The van der Waals surface area contributed by atoms with Gasteiger partial charge in [-0.05, 0) is 55.7 Å². The molecule has 0 spiro atoms. The second-order valence-electron chi connectivity index (χ2n) is 14.4. The van der Waals surface area contributed by atoms with E-state index in [1.807, 2.05) is 24.3 Å². The number of allylic oxidation sites excluding steroid dienone is 4. The molecule has 0 aromatic heterocycles. The average molecular weight is 761 g/mol. The van der Waals surface area contributed by atoms with Gasteiger partial charge in [-0.3, -0.25) is 0 Å². The molecular formula is C60H40. The van der Waals surface area contributed by atoms with E-state index in [1.54, 1.807) is 0 Å². The standard InChI is InChI=1S/C60H40/c1-9-25-45(26-10-1)53(46-27-11-2-12-28-46)41-43-55-56(44-42-54(47-29-13-3-14-30-47)48-31-15-4-16-32-48)60(58(51-37-21-7-22-38-51)52-39-23-8-24-40-52)59(55)57(49-33-17-5-18-34-49)50-35-19-6-20-36-50/h1-40H. The van der Waals surface area contributed by atoms with Gasteiger partial charge in [0.2, 0.25) is 0 Å². The summed E-state index contributed by atoms with van der Waals surface area (Å²) >= 11 is 0. The fourth-order valence-corrected chi connectivity index (χ4v) is 7.81. The van der Waals surface area contributed by atoms with Crippen LogP contribution in [0.3, 0.4) is 0 Å². The molecule has 1 aliphatic rings. The molecule has 0 saturated heterocycles. The van der Waals surface area contributed by atoms with E-state index in [2.05, 4.69) is 241 Å². The molecule has 8 aromatic rings. The minimum Gasteiger partial charge on any atom is -0.0622 e. The summed E-state index contributed by atoms with van der Waals surface area (Å²) in [5.41, 5.74) is 31.9. The summed E-state index contributed by atoms with van der Waals surface area (Å²) in [6, 6.07) is 84.7. The van der Waals surface area contributed by atoms with Crippen molar-refractivity contribution in [3.05, 3.63) is 332 Å². The van der Waals surface area contributed by atoms with Crippen molar-refractivity contribution in [1.82, 2.24) is 0 Å². The van der Waals surface area contributed by atoms with E-state index in [-0.39, 0.29) is 0 Å². The van der Waals surface area contributed by atoms with E-state index in [4.69, 9.17) is 0 Å². The molecule has 0 nitrogen and oxygen atoms in total. The molecule has 60 heavy (non-hydrogen) atoms. The normalized spacial score (nSPS) is 11.6. The molecule has 0 unspecified atom stereocenters. The second kappa shape index (κ2) is 18.0. The van der Waals surface area contributed by atoms with Gasteiger partial charge in [0, 0.05) is 33.4 Å². The smallest absolute Gasteiger partial charge is 0.0497 e. The van der Waals surface area contributed by atoms with Crippen LogP contribution >= 0.6 is 0 Å². The zero-order chi connectivity index (χ0) is 40.4. The highest BCUT2D eigenvalue weighted by Gasteiger charge is 2.37. The molecule has 8 aromatic carbocycles. The quantitative estimate of drug-likeness (QED) is 0.135. The molecule has 1 fully saturated rings. The third-order valence-corrected chi connectivity index (χ3v) is 10.6. The molecule has 0 amide bonds. The third kappa shape index (κ3) is 8.01. The average Bonchev–Trinajstić information content (AvgIpc) is 3.33. The minimum absolute atomic E-state index is 0.911. The summed E-state index contributed by atoms with van der Waals surface area (Å²) in [6.07, 6.45) is 0. The van der Waals surface area contributed by atoms with Gasteiger partial charge < -0.3 is 0 Å². The Bertz CT molecular complexity index is 2640. The Morgan fingerprint density at radius 3 is 0.600 bits per heavy atom. The lowest BCUT2D eigenvalue weighted by Crippen LogP contribution is -2.17. The first-order valence-corrected chi connectivity index (χ1v) is 20.3. The molecule has 1 saturated carbocycles. The van der Waals surface area contributed by atoms with Gasteiger partial charge >= 0.3 is 0 Å². The van der Waals surface area contributed by atoms with Gasteiger partial charge in [0.15, 0.2) is 0 Å². The van der Waals surface area contributed by atoms with Gasteiger partial charge in [0.05, 0.1) is 0 Å². The highest BCUT2D eigenvalue weighted by Crippen LogP contribution is 2.53. The van der Waals surface area contributed by atoms with Crippen LogP contribution in [0.4, 0.5) is 0 Å². The minimum atomic E-state index is 0.911. The Morgan fingerprint density at radius 1 is 0.217 bits per heavy atom. The molecular weight excluding hydrogens is 721 g/mol. The first-order valence-electron chi connectivity index (χ1n) is 20.3. The Kier molecular flexibility index (Phi) is 11.2. The zero-order valence-electron chi connectivity index (χ0n) is 33.1. The van der Waals surface area contributed by atoms with E-state index < -0.39 is 0 Å². The predicted octanol–water partition coefficient (Wildman–Crippen LogP) is 14.6. The number of hydrogen-bond donors (Lipinski definition) is 0. The Hall–Kier alpha value is -8.16. The Morgan fingerprint density at radius 2 is 0.400 bits per heavy atom. The summed E-state index contributed by atoms with van der Waals surface area (Å²) in [6.45, 7) is 0. The van der Waals surface area contributed by atoms with Crippen LogP contribution in [0, 0.1) is 0 Å². The van der Waals surface area contributed by atoms with Gasteiger partial charge in [-0.1, -0.05) is 266 Å². The summed E-state index contributed by atoms with van der Waals surface area (Å²) in [7, 11) is 0. The van der Waals surface area contributed by atoms with Gasteiger partial charge in [0.25, 0.3) is 0 Å². The van der Waals surface area contributed by atoms with E-state index in [0.717, 1.165) is 89.1 Å². The lowest BCUT2D eigenvalue weighted by molar-refractivity contribution is 1.24. The van der Waals surface area contributed by atoms with Gasteiger partial charge in [-0.2, -0.15) is 0 Å². The Balaban J connectivity index is 1.53. The summed E-state index contributed by atoms with van der Waals surface area (Å²) < 4.78 is 0. The maximum atomic E-state index is 3.82. The van der Waals surface area contributed by atoms with Crippen LogP contribution in [-0.4, -0.2) is 0 Å². The Labute approximate surface area is 353 Å².